The number of aromatic amines is 1. The number of likely N-dealkylation sites (tertiary alicyclic amines) is 3. The van der Waals surface area contributed by atoms with Crippen LogP contribution in [0.4, 0.5) is 28.6 Å². The van der Waals surface area contributed by atoms with E-state index in [1.165, 1.54) is 12.1 Å². The van der Waals surface area contributed by atoms with Crippen LogP contribution >= 0.6 is 11.6 Å². The normalized spacial score (nSPS) is 20.4. The summed E-state index contributed by atoms with van der Waals surface area (Å²) in [5.41, 5.74) is 0.377. The first-order valence-electron chi connectivity index (χ1n) is 32.5. The molecular weight excluding hydrogens is 1210 g/mol. The van der Waals surface area contributed by atoms with E-state index >= 15 is 4.39 Å². The van der Waals surface area contributed by atoms with Crippen molar-refractivity contribution >= 4 is 64.2 Å². The van der Waals surface area contributed by atoms with Crippen molar-refractivity contribution in [2.24, 2.45) is 4.99 Å². The molecule has 8 heterocycles. The number of halogens is 4. The number of aromatic nitrogens is 3. The van der Waals surface area contributed by atoms with Crippen LogP contribution in [0.3, 0.4) is 0 Å². The molecule has 20 nitrogen and oxygen atoms in total. The fourth-order valence-corrected chi connectivity index (χ4v) is 13.7. The molecule has 0 aliphatic carbocycles. The minimum absolute atomic E-state index is 0.0265. The van der Waals surface area contributed by atoms with E-state index in [0.717, 1.165) is 96.4 Å². The number of aliphatic imine (C=N–C) groups is 1. The highest BCUT2D eigenvalue weighted by molar-refractivity contribution is 6.30. The van der Waals surface area contributed by atoms with E-state index in [-0.39, 0.29) is 60.2 Å². The number of nitrogens with one attached hydrogen (secondary N) is 1. The van der Waals surface area contributed by atoms with Crippen LogP contribution in [-0.2, 0) is 30.3 Å². The van der Waals surface area contributed by atoms with Gasteiger partial charge in [-0.25, -0.2) is 37.6 Å². The standard InChI is InChI=1S/C68H86ClF3N12O8/c1-66(2,3)91-64(88)83(41-48-11-15-50(70)39-56(48)72)43-59(86)82-26-7-8-47(40-82)46-12-16-55(71)54(38-46)62(87)81-30-20-52(21-31-81)90-51-18-27-78(28-19-51)42-58(85)79-36-34-77(35-37-79)29-22-57(45-9-13-49(69)14-10-45)76-63-68(84(63)65(89)92-67(4,5)6)23-32-80(33-24-68)61-53-17-25-73-60(53)74-44-75-61/h9-17,25,38-39,44,47,51-52,57H,7-8,18-24,26-37,40-43H2,1-6H3,(H,73,74,75)/t47?,57-,84?/m0/s1. The molecule has 6 aliphatic rings. The molecule has 0 bridgehead atoms. The van der Waals surface area contributed by atoms with Gasteiger partial charge in [0.05, 0.1) is 42.3 Å². The lowest BCUT2D eigenvalue weighted by molar-refractivity contribution is -0.135. The zero-order valence-electron chi connectivity index (χ0n) is 53.7. The summed E-state index contributed by atoms with van der Waals surface area (Å²) < 4.78 is 62.1. The second-order valence-electron chi connectivity index (χ2n) is 27.4. The molecule has 1 spiro atoms. The lowest BCUT2D eigenvalue weighted by Crippen LogP contribution is -2.52. The summed E-state index contributed by atoms with van der Waals surface area (Å²) in [5, 5.41) is 1.59. The van der Waals surface area contributed by atoms with E-state index in [9.17, 15) is 32.8 Å². The smallest absolute Gasteiger partial charge is 0.416 e. The Kier molecular flexibility index (Phi) is 20.2. The average molecular weight is 1290 g/mol. The number of hydrogen-bond donors (Lipinski definition) is 1. The second-order valence-corrected chi connectivity index (χ2v) is 27.8. The van der Waals surface area contributed by atoms with Crippen molar-refractivity contribution in [1.29, 1.82) is 0 Å². The van der Waals surface area contributed by atoms with Gasteiger partial charge in [0.1, 0.15) is 64.4 Å². The predicted octanol–water partition coefficient (Wildman–Crippen LogP) is 10.2. The number of carbonyl (C=O) groups excluding carboxylic acids is 5. The third kappa shape index (κ3) is 16.0. The SMILES string of the molecule is CC(C)(C)OC(=O)N(CC(=O)N1CCCC(c2ccc(F)c(C(=O)N3CCC(OC4CCN(CC(=O)N5CCN(CC[C@H](N=C6N(C(=O)OC(C)(C)C)C67CCN(c6ncnc8[nH]ccc68)CC7)c6ccc(Cl)cc6)CC5)CC4)CC3)c2)C1)Cc1ccc(F)cc1F. The van der Waals surface area contributed by atoms with Crippen LogP contribution < -0.4 is 4.90 Å². The highest BCUT2D eigenvalue weighted by atomic mass is 35.5. The van der Waals surface area contributed by atoms with E-state index < -0.39 is 58.8 Å². The number of anilines is 1. The minimum Gasteiger partial charge on any atom is -0.444 e. The maximum Gasteiger partial charge on any atom is 0.416 e. The molecule has 6 saturated heterocycles. The Labute approximate surface area is 541 Å². The maximum atomic E-state index is 15.6. The first kappa shape index (κ1) is 66.1. The number of amides is 5. The molecule has 1 unspecified atom stereocenters. The quantitative estimate of drug-likeness (QED) is 0.0919. The molecule has 24 heteroatoms. The van der Waals surface area contributed by atoms with Gasteiger partial charge in [0, 0.05) is 114 Å². The zero-order chi connectivity index (χ0) is 65.1. The molecule has 92 heavy (non-hydrogen) atoms. The molecule has 11 rings (SSSR count). The Balaban J connectivity index is 0.619. The van der Waals surface area contributed by atoms with Crippen LogP contribution in [0.15, 0.2) is 84.2 Å². The van der Waals surface area contributed by atoms with Gasteiger partial charge in [-0.05, 0) is 147 Å². The van der Waals surface area contributed by atoms with E-state index in [2.05, 4.69) is 29.7 Å². The van der Waals surface area contributed by atoms with Gasteiger partial charge in [0.15, 0.2) is 0 Å². The van der Waals surface area contributed by atoms with Gasteiger partial charge in [-0.15, -0.1) is 0 Å². The minimum atomic E-state index is -0.893. The molecule has 0 saturated carbocycles. The van der Waals surface area contributed by atoms with Crippen LogP contribution in [0.5, 0.6) is 0 Å². The number of piperidine rings is 4. The number of fused-ring (bicyclic) bond motifs is 1. The van der Waals surface area contributed by atoms with Gasteiger partial charge in [-0.3, -0.25) is 34.1 Å². The van der Waals surface area contributed by atoms with Crippen LogP contribution in [0.1, 0.15) is 138 Å². The number of carbonyl (C=O) groups is 5. The van der Waals surface area contributed by atoms with Crippen LogP contribution in [0.25, 0.3) is 11.0 Å². The van der Waals surface area contributed by atoms with Crippen molar-refractivity contribution < 1.29 is 51.4 Å². The van der Waals surface area contributed by atoms with Gasteiger partial charge in [0.2, 0.25) is 11.8 Å². The van der Waals surface area contributed by atoms with Gasteiger partial charge in [0.25, 0.3) is 5.91 Å². The van der Waals surface area contributed by atoms with Crippen LogP contribution in [0.2, 0.25) is 5.02 Å². The lowest BCUT2D eigenvalue weighted by Gasteiger charge is -2.38. The Morgan fingerprint density at radius 3 is 2.11 bits per heavy atom. The van der Waals surface area contributed by atoms with Crippen molar-refractivity contribution in [3.8, 4) is 0 Å². The third-order valence-electron chi connectivity index (χ3n) is 18.6. The number of nitrogens with zero attached hydrogens (tertiary/aromatic N) is 11. The second kappa shape index (κ2) is 28.1. The summed E-state index contributed by atoms with van der Waals surface area (Å²) in [5.74, 6) is -1.50. The average Bonchev–Trinajstić information content (AvgIpc) is 1.54. The lowest BCUT2D eigenvalue weighted by atomic mass is 9.89. The number of benzene rings is 3. The molecule has 494 valence electrons. The Bertz CT molecular complexity index is 3490. The van der Waals surface area contributed by atoms with E-state index in [1.807, 2.05) is 62.2 Å². The molecule has 2 atom stereocenters. The fraction of sp³-hybridized carbons (Fsp3) is 0.559. The summed E-state index contributed by atoms with van der Waals surface area (Å²) in [6.45, 7) is 18.1. The zero-order valence-corrected chi connectivity index (χ0v) is 54.4. The van der Waals surface area contributed by atoms with Crippen molar-refractivity contribution in [3.63, 3.8) is 0 Å². The first-order chi connectivity index (χ1) is 44.0. The highest BCUT2D eigenvalue weighted by Gasteiger charge is 2.65. The number of ether oxygens (including phenoxy) is 3. The van der Waals surface area contributed by atoms with Gasteiger partial charge in [-0.2, -0.15) is 0 Å². The van der Waals surface area contributed by atoms with Crippen molar-refractivity contribution in [1.82, 2.24) is 49.3 Å². The highest BCUT2D eigenvalue weighted by Crippen LogP contribution is 2.48. The first-order valence-corrected chi connectivity index (χ1v) is 32.9. The van der Waals surface area contributed by atoms with Gasteiger partial charge in [-0.1, -0.05) is 35.9 Å². The third-order valence-corrected chi connectivity index (χ3v) is 18.9. The van der Waals surface area contributed by atoms with Crippen molar-refractivity contribution in [2.45, 2.75) is 147 Å². The van der Waals surface area contributed by atoms with Gasteiger partial charge >= 0.3 is 12.2 Å². The van der Waals surface area contributed by atoms with E-state index in [1.54, 1.807) is 53.9 Å². The fourth-order valence-electron chi connectivity index (χ4n) is 13.6. The van der Waals surface area contributed by atoms with Crippen molar-refractivity contribution in [2.75, 3.05) is 103 Å². The maximum absolute atomic E-state index is 15.6. The monoisotopic (exact) mass is 1290 g/mol. The molecular formula is C68H86ClF3N12O8. The molecule has 6 aliphatic heterocycles. The van der Waals surface area contributed by atoms with Gasteiger partial charge < -0.3 is 38.8 Å². The van der Waals surface area contributed by atoms with E-state index in [0.29, 0.717) is 102 Å². The molecule has 1 N–H and O–H groups in total. The Morgan fingerprint density at radius 1 is 0.728 bits per heavy atom. The van der Waals surface area contributed by atoms with Crippen LogP contribution in [-0.4, -0.2) is 212 Å². The summed E-state index contributed by atoms with van der Waals surface area (Å²) >= 11 is 6.39. The predicted molar refractivity (Wildman–Crippen MR) is 343 cm³/mol. The number of H-pyrrole nitrogens is 1. The number of piperazine rings is 1. The largest absolute Gasteiger partial charge is 0.444 e. The van der Waals surface area contributed by atoms with Crippen molar-refractivity contribution in [3.05, 3.63) is 124 Å². The summed E-state index contributed by atoms with van der Waals surface area (Å²) in [4.78, 5) is 101. The number of rotatable bonds is 16. The van der Waals surface area contributed by atoms with E-state index in [4.69, 9.17) is 30.8 Å². The topological polar surface area (TPSA) is 193 Å². The molecule has 3 aromatic carbocycles. The molecule has 5 amide bonds. The molecule has 5 aromatic rings. The Morgan fingerprint density at radius 2 is 1.42 bits per heavy atom. The molecule has 6 fully saturated rings. The number of hydrogen-bond acceptors (Lipinski definition) is 14. The van der Waals surface area contributed by atoms with Crippen LogP contribution in [0, 0.1) is 17.5 Å². The number of amidine groups is 1. The summed E-state index contributed by atoms with van der Waals surface area (Å²) in [6, 6.07) is 17.1. The molecule has 2 aromatic heterocycles. The summed E-state index contributed by atoms with van der Waals surface area (Å²) in [6.07, 6.45) is 8.36. The molecule has 0 radical (unpaired) electrons. The Hall–Kier alpha value is -7.34. The summed E-state index contributed by atoms with van der Waals surface area (Å²) in [7, 11) is 0.